The van der Waals surface area contributed by atoms with E-state index in [0.29, 0.717) is 22.5 Å². The topological polar surface area (TPSA) is 88.9 Å². The van der Waals surface area contributed by atoms with E-state index >= 15 is 0 Å². The molecule has 0 aliphatic carbocycles. The molecule has 0 fully saturated rings. The van der Waals surface area contributed by atoms with Crippen LogP contribution in [0.15, 0.2) is 22.8 Å². The minimum atomic E-state index is -0.434. The number of rotatable bonds is 6. The lowest BCUT2D eigenvalue weighted by Crippen LogP contribution is -2.91. The number of methoxy groups -OCH3 is 1. The number of ketones is 1. The predicted octanol–water partition coefficient (Wildman–Crippen LogP) is 1.91. The van der Waals surface area contributed by atoms with Crippen LogP contribution in [0.2, 0.25) is 0 Å². The molecule has 2 atom stereocenters. The van der Waals surface area contributed by atoms with Crippen LogP contribution < -0.4 is 5.32 Å². The zero-order valence-corrected chi connectivity index (χ0v) is 14.1. The van der Waals surface area contributed by atoms with E-state index in [-0.39, 0.29) is 17.9 Å². The fourth-order valence-corrected chi connectivity index (χ4v) is 2.80. The monoisotopic (exact) mass is 319 g/mol. The van der Waals surface area contributed by atoms with Crippen LogP contribution in [0.5, 0.6) is 0 Å². The van der Waals surface area contributed by atoms with Gasteiger partial charge in [-0.15, -0.1) is 0 Å². The Morgan fingerprint density at radius 3 is 2.57 bits per heavy atom. The zero-order chi connectivity index (χ0) is 17.1. The molecule has 124 valence electrons. The average molecular weight is 319 g/mol. The number of ether oxygens (including phenoxy) is 1. The van der Waals surface area contributed by atoms with Gasteiger partial charge in [0.15, 0.2) is 5.76 Å². The lowest BCUT2D eigenvalue weighted by Gasteiger charge is -2.14. The number of nitrogens with one attached hydrogen (secondary N) is 1. The molecule has 2 aromatic heterocycles. The van der Waals surface area contributed by atoms with Crippen molar-refractivity contribution < 1.29 is 24.1 Å². The summed E-state index contributed by atoms with van der Waals surface area (Å²) in [5.74, 6) is 0.328. The second-order valence-corrected chi connectivity index (χ2v) is 5.77. The SMILES string of the molecule is COC(=O)c1c(C)[nH]c(C(=O)[C@H](C)[NH2+][C@H](C)c2ccco2)c1C. The van der Waals surface area contributed by atoms with Crippen LogP contribution in [0.4, 0.5) is 0 Å². The minimum Gasteiger partial charge on any atom is -0.465 e. The van der Waals surface area contributed by atoms with Crippen molar-refractivity contribution in [2.24, 2.45) is 0 Å². The number of hydrogen-bond donors (Lipinski definition) is 2. The second kappa shape index (κ2) is 6.83. The molecule has 23 heavy (non-hydrogen) atoms. The number of nitrogens with two attached hydrogens (primary N) is 1. The first-order chi connectivity index (χ1) is 10.9. The smallest absolute Gasteiger partial charge is 0.339 e. The van der Waals surface area contributed by atoms with Gasteiger partial charge in [0.25, 0.3) is 0 Å². The summed E-state index contributed by atoms with van der Waals surface area (Å²) in [5, 5.41) is 1.94. The van der Waals surface area contributed by atoms with Crippen molar-refractivity contribution in [3.05, 3.63) is 46.7 Å². The lowest BCUT2D eigenvalue weighted by molar-refractivity contribution is -0.710. The van der Waals surface area contributed by atoms with Crippen LogP contribution in [0.1, 0.15) is 57.8 Å². The van der Waals surface area contributed by atoms with Crippen molar-refractivity contribution in [2.75, 3.05) is 7.11 Å². The Balaban J connectivity index is 2.18. The van der Waals surface area contributed by atoms with E-state index in [4.69, 9.17) is 9.15 Å². The third kappa shape index (κ3) is 3.37. The van der Waals surface area contributed by atoms with Crippen molar-refractivity contribution in [3.63, 3.8) is 0 Å². The number of carbonyl (C=O) groups is 2. The van der Waals surface area contributed by atoms with Gasteiger partial charge in [0.05, 0.1) is 24.6 Å². The van der Waals surface area contributed by atoms with Gasteiger partial charge in [0, 0.05) is 5.69 Å². The van der Waals surface area contributed by atoms with E-state index in [1.165, 1.54) is 7.11 Å². The first-order valence-electron chi connectivity index (χ1n) is 7.56. The molecule has 0 spiro atoms. The van der Waals surface area contributed by atoms with E-state index in [9.17, 15) is 9.59 Å². The molecule has 0 saturated carbocycles. The van der Waals surface area contributed by atoms with Crippen LogP contribution in [0.25, 0.3) is 0 Å². The summed E-state index contributed by atoms with van der Waals surface area (Å²) in [5.41, 5.74) is 2.16. The number of aromatic nitrogens is 1. The predicted molar refractivity (Wildman–Crippen MR) is 84.4 cm³/mol. The number of aryl methyl sites for hydroxylation is 1. The Hall–Kier alpha value is -2.34. The largest absolute Gasteiger partial charge is 0.465 e. The van der Waals surface area contributed by atoms with Crippen LogP contribution >= 0.6 is 0 Å². The molecular formula is C17H23N2O4+. The quantitative estimate of drug-likeness (QED) is 0.629. The number of Topliss-reactive ketones (excluding diaryl/α,β-unsaturated/α-hetero) is 1. The molecule has 0 bridgehead atoms. The van der Waals surface area contributed by atoms with Gasteiger partial charge < -0.3 is 19.5 Å². The Morgan fingerprint density at radius 2 is 2.00 bits per heavy atom. The summed E-state index contributed by atoms with van der Waals surface area (Å²) in [6, 6.07) is 3.43. The van der Waals surface area contributed by atoms with Gasteiger partial charge in [-0.1, -0.05) is 0 Å². The van der Waals surface area contributed by atoms with Gasteiger partial charge in [0.1, 0.15) is 12.1 Å². The molecular weight excluding hydrogens is 296 g/mol. The van der Waals surface area contributed by atoms with Crippen molar-refractivity contribution >= 4 is 11.8 Å². The van der Waals surface area contributed by atoms with Crippen molar-refractivity contribution in [1.29, 1.82) is 0 Å². The van der Waals surface area contributed by atoms with Crippen LogP contribution in [-0.4, -0.2) is 29.9 Å². The normalized spacial score (nSPS) is 13.6. The van der Waals surface area contributed by atoms with E-state index in [0.717, 1.165) is 5.76 Å². The maximum Gasteiger partial charge on any atom is 0.339 e. The summed E-state index contributed by atoms with van der Waals surface area (Å²) >= 11 is 0. The van der Waals surface area contributed by atoms with E-state index in [1.807, 2.05) is 31.3 Å². The first kappa shape index (κ1) is 17.0. The second-order valence-electron chi connectivity index (χ2n) is 5.77. The zero-order valence-electron chi connectivity index (χ0n) is 14.1. The summed E-state index contributed by atoms with van der Waals surface area (Å²) in [7, 11) is 1.33. The third-order valence-electron chi connectivity index (χ3n) is 4.06. The summed E-state index contributed by atoms with van der Waals surface area (Å²) in [6.07, 6.45) is 1.62. The minimum absolute atomic E-state index is 0.0281. The molecule has 2 aromatic rings. The highest BCUT2D eigenvalue weighted by molar-refractivity contribution is 6.03. The first-order valence-corrected chi connectivity index (χ1v) is 7.56. The number of aromatic amines is 1. The maximum absolute atomic E-state index is 12.7. The summed E-state index contributed by atoms with van der Waals surface area (Å²) in [6.45, 7) is 7.34. The number of quaternary nitrogens is 1. The van der Waals surface area contributed by atoms with Gasteiger partial charge in [-0.05, 0) is 45.4 Å². The molecule has 0 radical (unpaired) electrons. The molecule has 0 aliphatic rings. The van der Waals surface area contributed by atoms with Crippen LogP contribution in [0, 0.1) is 13.8 Å². The molecule has 2 heterocycles. The summed E-state index contributed by atoms with van der Waals surface area (Å²) < 4.78 is 10.1. The third-order valence-corrected chi connectivity index (χ3v) is 4.06. The number of esters is 1. The molecule has 2 rings (SSSR count). The van der Waals surface area contributed by atoms with Gasteiger partial charge in [-0.2, -0.15) is 0 Å². The molecule has 0 amide bonds. The van der Waals surface area contributed by atoms with Crippen molar-refractivity contribution in [3.8, 4) is 0 Å². The molecule has 3 N–H and O–H groups in total. The highest BCUT2D eigenvalue weighted by Crippen LogP contribution is 2.20. The van der Waals surface area contributed by atoms with Gasteiger partial charge in [-0.25, -0.2) is 4.79 Å². The van der Waals surface area contributed by atoms with Gasteiger partial charge in [-0.3, -0.25) is 4.79 Å². The van der Waals surface area contributed by atoms with E-state index in [1.54, 1.807) is 20.1 Å². The molecule has 0 aromatic carbocycles. The van der Waals surface area contributed by atoms with Gasteiger partial charge >= 0.3 is 5.97 Å². The molecule has 0 aliphatic heterocycles. The Bertz CT molecular complexity index is 701. The number of carbonyl (C=O) groups excluding carboxylic acids is 2. The van der Waals surface area contributed by atoms with Crippen molar-refractivity contribution in [1.82, 2.24) is 4.98 Å². The van der Waals surface area contributed by atoms with Crippen LogP contribution in [0.3, 0.4) is 0 Å². The highest BCUT2D eigenvalue weighted by Gasteiger charge is 2.28. The Morgan fingerprint density at radius 1 is 1.30 bits per heavy atom. The fourth-order valence-electron chi connectivity index (χ4n) is 2.80. The fraction of sp³-hybridized carbons (Fsp3) is 0.412. The molecule has 0 unspecified atom stereocenters. The number of hydrogen-bond acceptors (Lipinski definition) is 4. The maximum atomic E-state index is 12.7. The van der Waals surface area contributed by atoms with Crippen LogP contribution in [-0.2, 0) is 4.74 Å². The molecule has 6 heteroatoms. The van der Waals surface area contributed by atoms with Gasteiger partial charge in [0.2, 0.25) is 5.78 Å². The average Bonchev–Trinajstić information content (AvgIpc) is 3.14. The lowest BCUT2D eigenvalue weighted by atomic mass is 10.0. The Labute approximate surface area is 135 Å². The van der Waals surface area contributed by atoms with Crippen molar-refractivity contribution in [2.45, 2.75) is 39.8 Å². The number of furan rings is 1. The van der Waals surface area contributed by atoms with E-state index in [2.05, 4.69) is 4.98 Å². The highest BCUT2D eigenvalue weighted by atomic mass is 16.5. The Kier molecular flexibility index (Phi) is 5.05. The standard InChI is InChI=1S/C17H22N2O4/c1-9-14(17(21)22-5)11(3)19-15(9)16(20)12(4)18-10(2)13-7-6-8-23-13/h6-8,10,12,18-19H,1-5H3/p+1/t10-,12+/m1/s1. The molecule has 0 saturated heterocycles. The summed E-state index contributed by atoms with van der Waals surface area (Å²) in [4.78, 5) is 27.5. The number of H-pyrrole nitrogens is 1. The molecule has 6 nitrogen and oxygen atoms in total. The van der Waals surface area contributed by atoms with E-state index < -0.39 is 5.97 Å².